The van der Waals surface area contributed by atoms with Crippen molar-refractivity contribution in [2.24, 2.45) is 7.05 Å². The first-order chi connectivity index (χ1) is 9.65. The summed E-state index contributed by atoms with van der Waals surface area (Å²) in [5.41, 5.74) is 0.305. The van der Waals surface area contributed by atoms with Gasteiger partial charge in [-0.3, -0.25) is 4.79 Å². The minimum absolute atomic E-state index is 0.148. The number of nitrogens with one attached hydrogen (secondary N) is 1. The second kappa shape index (κ2) is 5.07. The number of rotatable bonds is 2. The van der Waals surface area contributed by atoms with Crippen molar-refractivity contribution in [3.05, 3.63) is 35.9 Å². The van der Waals surface area contributed by atoms with Crippen LogP contribution in [0.2, 0.25) is 0 Å². The molecule has 0 unspecified atom stereocenters. The Balaban J connectivity index is 1.64. The highest BCUT2D eigenvalue weighted by Gasteiger charge is 2.27. The molecule has 6 nitrogen and oxygen atoms in total. The van der Waals surface area contributed by atoms with E-state index >= 15 is 0 Å². The van der Waals surface area contributed by atoms with Gasteiger partial charge in [-0.05, 0) is 12.8 Å². The fraction of sp³-hybridized carbons (Fsp3) is 0.462. The molecule has 1 amide bonds. The number of likely N-dealkylation sites (tertiary alicyclic amines) is 1. The van der Waals surface area contributed by atoms with Gasteiger partial charge in [-0.2, -0.15) is 0 Å². The molecule has 2 aromatic rings. The number of aromatic nitrogens is 4. The third-order valence-electron chi connectivity index (χ3n) is 3.77. The van der Waals surface area contributed by atoms with Crippen LogP contribution in [0.4, 0.5) is 4.39 Å². The van der Waals surface area contributed by atoms with Crippen molar-refractivity contribution >= 4 is 5.91 Å². The number of halogens is 1. The average Bonchev–Trinajstić information content (AvgIpc) is 3.07. The highest BCUT2D eigenvalue weighted by Crippen LogP contribution is 2.26. The SMILES string of the molecule is Cn1cnnc1C1CCN(C(=O)c2cc(F)c[nH]2)CC1. The molecule has 0 aromatic carbocycles. The van der Waals surface area contributed by atoms with Crippen molar-refractivity contribution in [3.8, 4) is 0 Å². The zero-order valence-electron chi connectivity index (χ0n) is 11.2. The zero-order chi connectivity index (χ0) is 14.1. The second-order valence-electron chi connectivity index (χ2n) is 5.10. The van der Waals surface area contributed by atoms with Gasteiger partial charge in [-0.15, -0.1) is 10.2 Å². The van der Waals surface area contributed by atoms with E-state index < -0.39 is 5.82 Å². The Morgan fingerprint density at radius 3 is 2.75 bits per heavy atom. The van der Waals surface area contributed by atoms with E-state index in [1.54, 1.807) is 11.2 Å². The number of amides is 1. The molecule has 2 aromatic heterocycles. The molecule has 1 aliphatic rings. The monoisotopic (exact) mass is 277 g/mol. The number of piperidine rings is 1. The lowest BCUT2D eigenvalue weighted by Gasteiger charge is -2.31. The summed E-state index contributed by atoms with van der Waals surface area (Å²) in [6.45, 7) is 1.30. The minimum atomic E-state index is -0.415. The molecular formula is C13H16FN5O. The summed E-state index contributed by atoms with van der Waals surface area (Å²) in [4.78, 5) is 16.6. The number of carbonyl (C=O) groups is 1. The van der Waals surface area contributed by atoms with Crippen LogP contribution >= 0.6 is 0 Å². The van der Waals surface area contributed by atoms with Crippen molar-refractivity contribution in [2.75, 3.05) is 13.1 Å². The highest BCUT2D eigenvalue weighted by atomic mass is 19.1. The van der Waals surface area contributed by atoms with Gasteiger partial charge in [-0.1, -0.05) is 0 Å². The normalized spacial score (nSPS) is 16.6. The van der Waals surface area contributed by atoms with Crippen LogP contribution in [0.3, 0.4) is 0 Å². The zero-order valence-corrected chi connectivity index (χ0v) is 11.2. The van der Waals surface area contributed by atoms with Gasteiger partial charge < -0.3 is 14.5 Å². The Morgan fingerprint density at radius 2 is 2.20 bits per heavy atom. The Hall–Kier alpha value is -2.18. The summed E-state index contributed by atoms with van der Waals surface area (Å²) >= 11 is 0. The quantitative estimate of drug-likeness (QED) is 0.899. The predicted molar refractivity (Wildman–Crippen MR) is 69.6 cm³/mol. The first-order valence-electron chi connectivity index (χ1n) is 6.62. The van der Waals surface area contributed by atoms with Gasteiger partial charge in [0.1, 0.15) is 23.7 Å². The van der Waals surface area contributed by atoms with Crippen molar-refractivity contribution in [1.29, 1.82) is 0 Å². The lowest BCUT2D eigenvalue weighted by Crippen LogP contribution is -2.38. The third-order valence-corrected chi connectivity index (χ3v) is 3.77. The number of aryl methyl sites for hydroxylation is 1. The molecule has 3 rings (SSSR count). The lowest BCUT2D eigenvalue weighted by molar-refractivity contribution is 0.0705. The van der Waals surface area contributed by atoms with Crippen molar-refractivity contribution < 1.29 is 9.18 Å². The number of aromatic amines is 1. The Morgan fingerprint density at radius 1 is 1.45 bits per heavy atom. The molecular weight excluding hydrogens is 261 g/mol. The molecule has 3 heterocycles. The summed E-state index contributed by atoms with van der Waals surface area (Å²) < 4.78 is 14.8. The molecule has 7 heteroatoms. The average molecular weight is 277 g/mol. The van der Waals surface area contributed by atoms with E-state index in [0.717, 1.165) is 18.7 Å². The molecule has 0 radical (unpaired) electrons. The Kier molecular flexibility index (Phi) is 3.25. The maximum Gasteiger partial charge on any atom is 0.270 e. The summed E-state index contributed by atoms with van der Waals surface area (Å²) in [5, 5.41) is 8.01. The molecule has 1 saturated heterocycles. The molecule has 0 spiro atoms. The van der Waals surface area contributed by atoms with Crippen LogP contribution in [-0.2, 0) is 7.05 Å². The van der Waals surface area contributed by atoms with E-state index in [4.69, 9.17) is 0 Å². The summed E-state index contributed by atoms with van der Waals surface area (Å²) in [6.07, 6.45) is 4.58. The topological polar surface area (TPSA) is 66.8 Å². The Labute approximate surface area is 115 Å². The first kappa shape index (κ1) is 12.8. The van der Waals surface area contributed by atoms with Crippen LogP contribution in [0.25, 0.3) is 0 Å². The van der Waals surface area contributed by atoms with E-state index in [9.17, 15) is 9.18 Å². The number of H-pyrrole nitrogens is 1. The van der Waals surface area contributed by atoms with Crippen LogP contribution in [0.5, 0.6) is 0 Å². The highest BCUT2D eigenvalue weighted by molar-refractivity contribution is 5.92. The largest absolute Gasteiger partial charge is 0.355 e. The van der Waals surface area contributed by atoms with Crippen LogP contribution in [-0.4, -0.2) is 43.6 Å². The molecule has 1 N–H and O–H groups in total. The van der Waals surface area contributed by atoms with Crippen molar-refractivity contribution in [2.45, 2.75) is 18.8 Å². The van der Waals surface area contributed by atoms with Crippen LogP contribution in [0.1, 0.15) is 35.1 Å². The first-order valence-corrected chi connectivity index (χ1v) is 6.62. The number of hydrogen-bond acceptors (Lipinski definition) is 3. The Bertz CT molecular complexity index is 612. The third kappa shape index (κ3) is 2.31. The fourth-order valence-electron chi connectivity index (χ4n) is 2.66. The molecule has 0 saturated carbocycles. The minimum Gasteiger partial charge on any atom is -0.355 e. The molecule has 106 valence electrons. The van der Waals surface area contributed by atoms with Gasteiger partial charge in [0.05, 0.1) is 0 Å². The molecule has 0 atom stereocenters. The van der Waals surface area contributed by atoms with E-state index in [2.05, 4.69) is 15.2 Å². The van der Waals surface area contributed by atoms with Crippen molar-refractivity contribution in [1.82, 2.24) is 24.6 Å². The van der Waals surface area contributed by atoms with Gasteiger partial charge >= 0.3 is 0 Å². The number of carbonyl (C=O) groups excluding carboxylic acids is 1. The molecule has 20 heavy (non-hydrogen) atoms. The van der Waals surface area contributed by atoms with Gasteiger partial charge in [-0.25, -0.2) is 4.39 Å². The van der Waals surface area contributed by atoms with Gasteiger partial charge in [0.25, 0.3) is 5.91 Å². The van der Waals surface area contributed by atoms with Gasteiger partial charge in [0.15, 0.2) is 0 Å². The molecule has 1 fully saturated rings. The number of nitrogens with zero attached hydrogens (tertiary/aromatic N) is 4. The van der Waals surface area contributed by atoms with Gasteiger partial charge in [0, 0.05) is 38.3 Å². The summed E-state index contributed by atoms with van der Waals surface area (Å²) in [6, 6.07) is 1.23. The van der Waals surface area contributed by atoms with E-state index in [1.165, 1.54) is 12.3 Å². The second-order valence-corrected chi connectivity index (χ2v) is 5.10. The molecule has 1 aliphatic heterocycles. The van der Waals surface area contributed by atoms with Crippen LogP contribution < -0.4 is 0 Å². The van der Waals surface area contributed by atoms with Crippen LogP contribution in [0.15, 0.2) is 18.6 Å². The fourth-order valence-corrected chi connectivity index (χ4v) is 2.66. The summed E-state index contributed by atoms with van der Waals surface area (Å²) in [7, 11) is 1.93. The molecule has 0 aliphatic carbocycles. The predicted octanol–water partition coefficient (Wildman–Crippen LogP) is 1.30. The van der Waals surface area contributed by atoms with Gasteiger partial charge in [0.2, 0.25) is 0 Å². The maximum absolute atomic E-state index is 12.9. The number of hydrogen-bond donors (Lipinski definition) is 1. The smallest absolute Gasteiger partial charge is 0.270 e. The summed E-state index contributed by atoms with van der Waals surface area (Å²) in [5.74, 6) is 0.725. The van der Waals surface area contributed by atoms with E-state index in [-0.39, 0.29) is 5.91 Å². The maximum atomic E-state index is 12.9. The standard InChI is InChI=1S/C13H16FN5O/c1-18-8-16-17-12(18)9-2-4-19(5-3-9)13(20)11-6-10(14)7-15-11/h6-9,15H,2-5H2,1H3. The van der Waals surface area contributed by atoms with E-state index in [1.807, 2.05) is 11.6 Å². The van der Waals surface area contributed by atoms with E-state index in [0.29, 0.717) is 24.7 Å². The molecule has 0 bridgehead atoms. The van der Waals surface area contributed by atoms with Crippen LogP contribution in [0, 0.1) is 5.82 Å². The van der Waals surface area contributed by atoms with Crippen molar-refractivity contribution in [3.63, 3.8) is 0 Å². The lowest BCUT2D eigenvalue weighted by atomic mass is 9.96.